The Morgan fingerprint density at radius 2 is 2.14 bits per heavy atom. The molecule has 1 aromatic carbocycles. The molecule has 1 aliphatic rings. The van der Waals surface area contributed by atoms with Crippen molar-refractivity contribution in [1.82, 2.24) is 4.90 Å². The number of carbonyl (C=O) groups excluding carboxylic acids is 1. The predicted molar refractivity (Wildman–Crippen MR) is 83.8 cm³/mol. The van der Waals surface area contributed by atoms with Crippen LogP contribution in [0.25, 0.3) is 0 Å². The van der Waals surface area contributed by atoms with Crippen LogP contribution in [0.4, 0.5) is 0 Å². The van der Waals surface area contributed by atoms with E-state index in [1.807, 2.05) is 23.1 Å². The molecule has 0 radical (unpaired) electrons. The first-order chi connectivity index (χ1) is 10.2. The Balaban J connectivity index is 1.84. The minimum atomic E-state index is 0.00497. The Bertz CT molecular complexity index is 436. The number of hydrogen-bond acceptors (Lipinski definition) is 3. The Labute approximate surface area is 127 Å². The van der Waals surface area contributed by atoms with E-state index < -0.39 is 0 Å². The summed E-state index contributed by atoms with van der Waals surface area (Å²) in [5, 5.41) is 0. The standard InChI is InChI=1S/C17H26N2O2/c1-14(9-10-18)7-8-17(20)19-11-12-21-16(13-19)15-5-3-2-4-6-15/h2-6,14,16H,7-13,18H2,1H3. The van der Waals surface area contributed by atoms with Crippen LogP contribution in [0.5, 0.6) is 0 Å². The highest BCUT2D eigenvalue weighted by Gasteiger charge is 2.25. The van der Waals surface area contributed by atoms with Crippen LogP contribution in [0.15, 0.2) is 30.3 Å². The predicted octanol–water partition coefficient (Wildman–Crippen LogP) is 2.35. The Morgan fingerprint density at radius 3 is 2.86 bits per heavy atom. The van der Waals surface area contributed by atoms with Crippen molar-refractivity contribution in [2.75, 3.05) is 26.2 Å². The van der Waals surface area contributed by atoms with Crippen LogP contribution in [0, 0.1) is 5.92 Å². The van der Waals surface area contributed by atoms with E-state index in [-0.39, 0.29) is 12.0 Å². The van der Waals surface area contributed by atoms with E-state index in [1.54, 1.807) is 0 Å². The number of amides is 1. The number of benzene rings is 1. The highest BCUT2D eigenvalue weighted by Crippen LogP contribution is 2.23. The zero-order valence-electron chi connectivity index (χ0n) is 12.8. The Morgan fingerprint density at radius 1 is 1.38 bits per heavy atom. The molecule has 0 aliphatic carbocycles. The molecule has 2 atom stereocenters. The van der Waals surface area contributed by atoms with Gasteiger partial charge >= 0.3 is 0 Å². The molecular weight excluding hydrogens is 264 g/mol. The Kier molecular flexibility index (Phi) is 6.21. The molecule has 1 heterocycles. The molecule has 4 nitrogen and oxygen atoms in total. The number of ether oxygens (including phenoxy) is 1. The molecule has 0 saturated carbocycles. The second-order valence-electron chi connectivity index (χ2n) is 5.83. The van der Waals surface area contributed by atoms with E-state index in [0.717, 1.165) is 18.4 Å². The summed E-state index contributed by atoms with van der Waals surface area (Å²) in [6.07, 6.45) is 2.53. The van der Waals surface area contributed by atoms with Gasteiger partial charge in [0.1, 0.15) is 6.10 Å². The molecule has 0 aromatic heterocycles. The third-order valence-corrected chi connectivity index (χ3v) is 4.10. The fourth-order valence-electron chi connectivity index (χ4n) is 2.70. The summed E-state index contributed by atoms with van der Waals surface area (Å²) < 4.78 is 5.80. The molecule has 2 unspecified atom stereocenters. The van der Waals surface area contributed by atoms with Gasteiger partial charge in [-0.15, -0.1) is 0 Å². The SMILES string of the molecule is CC(CCN)CCC(=O)N1CCOC(c2ccccc2)C1. The molecule has 1 aliphatic heterocycles. The molecule has 1 aromatic rings. The van der Waals surface area contributed by atoms with Gasteiger partial charge in [-0.3, -0.25) is 4.79 Å². The van der Waals surface area contributed by atoms with Crippen LogP contribution in [-0.4, -0.2) is 37.0 Å². The zero-order chi connectivity index (χ0) is 15.1. The highest BCUT2D eigenvalue weighted by molar-refractivity contribution is 5.76. The smallest absolute Gasteiger partial charge is 0.222 e. The van der Waals surface area contributed by atoms with Gasteiger partial charge in [0.05, 0.1) is 13.2 Å². The number of rotatable bonds is 6. The number of hydrogen-bond donors (Lipinski definition) is 1. The molecular formula is C17H26N2O2. The summed E-state index contributed by atoms with van der Waals surface area (Å²) in [6, 6.07) is 10.1. The first kappa shape index (κ1) is 16.0. The second kappa shape index (κ2) is 8.15. The van der Waals surface area contributed by atoms with Crippen molar-refractivity contribution in [2.24, 2.45) is 11.7 Å². The molecule has 2 rings (SSSR count). The first-order valence-corrected chi connectivity index (χ1v) is 7.85. The number of carbonyl (C=O) groups is 1. The topological polar surface area (TPSA) is 55.6 Å². The number of nitrogens with two attached hydrogens (primary N) is 1. The van der Waals surface area contributed by atoms with Gasteiger partial charge in [-0.2, -0.15) is 0 Å². The van der Waals surface area contributed by atoms with Gasteiger partial charge in [-0.05, 0) is 30.9 Å². The maximum atomic E-state index is 12.3. The van der Waals surface area contributed by atoms with Crippen molar-refractivity contribution in [3.63, 3.8) is 0 Å². The van der Waals surface area contributed by atoms with Crippen molar-refractivity contribution in [3.05, 3.63) is 35.9 Å². The minimum Gasteiger partial charge on any atom is -0.370 e. The van der Waals surface area contributed by atoms with Crippen LogP contribution in [0.1, 0.15) is 37.9 Å². The third kappa shape index (κ3) is 4.83. The fraction of sp³-hybridized carbons (Fsp3) is 0.588. The minimum absolute atomic E-state index is 0.00497. The quantitative estimate of drug-likeness (QED) is 0.875. The molecule has 4 heteroatoms. The summed E-state index contributed by atoms with van der Waals surface area (Å²) in [5.74, 6) is 0.757. The van der Waals surface area contributed by atoms with Crippen molar-refractivity contribution in [2.45, 2.75) is 32.3 Å². The third-order valence-electron chi connectivity index (χ3n) is 4.10. The molecule has 1 amide bonds. The lowest BCUT2D eigenvalue weighted by atomic mass is 10.0. The van der Waals surface area contributed by atoms with E-state index in [9.17, 15) is 4.79 Å². The van der Waals surface area contributed by atoms with E-state index in [2.05, 4.69) is 19.1 Å². The van der Waals surface area contributed by atoms with Crippen LogP contribution >= 0.6 is 0 Å². The lowest BCUT2D eigenvalue weighted by Crippen LogP contribution is -2.42. The van der Waals surface area contributed by atoms with Gasteiger partial charge in [0.2, 0.25) is 5.91 Å². The lowest BCUT2D eigenvalue weighted by molar-refractivity contribution is -0.139. The lowest BCUT2D eigenvalue weighted by Gasteiger charge is -2.33. The summed E-state index contributed by atoms with van der Waals surface area (Å²) in [4.78, 5) is 14.3. The van der Waals surface area contributed by atoms with Crippen molar-refractivity contribution >= 4 is 5.91 Å². The van der Waals surface area contributed by atoms with Crippen LogP contribution < -0.4 is 5.73 Å². The molecule has 0 spiro atoms. The van der Waals surface area contributed by atoms with Gasteiger partial charge in [0.15, 0.2) is 0 Å². The average molecular weight is 290 g/mol. The normalized spacial score (nSPS) is 20.3. The number of morpholine rings is 1. The molecule has 116 valence electrons. The first-order valence-electron chi connectivity index (χ1n) is 7.85. The maximum absolute atomic E-state index is 12.3. The van der Waals surface area contributed by atoms with Gasteiger partial charge < -0.3 is 15.4 Å². The van der Waals surface area contributed by atoms with Gasteiger partial charge in [0, 0.05) is 13.0 Å². The van der Waals surface area contributed by atoms with Crippen LogP contribution in [0.3, 0.4) is 0 Å². The van der Waals surface area contributed by atoms with Crippen molar-refractivity contribution in [3.8, 4) is 0 Å². The van der Waals surface area contributed by atoms with Crippen LogP contribution in [0.2, 0.25) is 0 Å². The largest absolute Gasteiger partial charge is 0.370 e. The van der Waals surface area contributed by atoms with E-state index in [0.29, 0.717) is 38.6 Å². The molecule has 2 N–H and O–H groups in total. The van der Waals surface area contributed by atoms with Gasteiger partial charge in [-0.1, -0.05) is 37.3 Å². The van der Waals surface area contributed by atoms with Gasteiger partial charge in [-0.25, -0.2) is 0 Å². The van der Waals surface area contributed by atoms with Gasteiger partial charge in [0.25, 0.3) is 0 Å². The van der Waals surface area contributed by atoms with Crippen LogP contribution in [-0.2, 0) is 9.53 Å². The second-order valence-corrected chi connectivity index (χ2v) is 5.83. The highest BCUT2D eigenvalue weighted by atomic mass is 16.5. The van der Waals surface area contributed by atoms with E-state index in [1.165, 1.54) is 0 Å². The average Bonchev–Trinajstić information content (AvgIpc) is 2.54. The van der Waals surface area contributed by atoms with Crippen molar-refractivity contribution in [1.29, 1.82) is 0 Å². The zero-order valence-corrected chi connectivity index (χ0v) is 12.8. The summed E-state index contributed by atoms with van der Waals surface area (Å²) in [5.41, 5.74) is 6.69. The Hall–Kier alpha value is -1.39. The molecule has 1 fully saturated rings. The maximum Gasteiger partial charge on any atom is 0.222 e. The van der Waals surface area contributed by atoms with Crippen molar-refractivity contribution < 1.29 is 9.53 Å². The summed E-state index contributed by atoms with van der Waals surface area (Å²) in [6.45, 7) is 4.83. The fourth-order valence-corrected chi connectivity index (χ4v) is 2.70. The van der Waals surface area contributed by atoms with E-state index in [4.69, 9.17) is 10.5 Å². The number of nitrogens with zero attached hydrogens (tertiary/aromatic N) is 1. The molecule has 1 saturated heterocycles. The molecule has 21 heavy (non-hydrogen) atoms. The summed E-state index contributed by atoms with van der Waals surface area (Å²) >= 11 is 0. The monoisotopic (exact) mass is 290 g/mol. The molecule has 0 bridgehead atoms. The summed E-state index contributed by atoms with van der Waals surface area (Å²) in [7, 11) is 0. The van der Waals surface area contributed by atoms with E-state index >= 15 is 0 Å².